The first kappa shape index (κ1) is 10.8. The Kier molecular flexibility index (Phi) is 2.30. The Bertz CT molecular complexity index is 772. The third-order valence-electron chi connectivity index (χ3n) is 3.31. The second kappa shape index (κ2) is 3.84. The van der Waals surface area contributed by atoms with Crippen LogP contribution in [0.2, 0.25) is 0 Å². The molecule has 0 unspecified atom stereocenters. The van der Waals surface area contributed by atoms with Crippen molar-refractivity contribution in [1.82, 2.24) is 0 Å². The molecule has 18 heavy (non-hydrogen) atoms. The molecule has 0 aliphatic rings. The maximum absolute atomic E-state index is 11.4. The smallest absolute Gasteiger partial charge is 0.336 e. The third-order valence-corrected chi connectivity index (χ3v) is 3.31. The molecule has 0 spiro atoms. The van der Waals surface area contributed by atoms with Gasteiger partial charge in [-0.15, -0.1) is 0 Å². The van der Waals surface area contributed by atoms with Gasteiger partial charge in [0.25, 0.3) is 0 Å². The van der Waals surface area contributed by atoms with Crippen molar-refractivity contribution in [3.05, 3.63) is 59.7 Å². The molecule has 0 aliphatic carbocycles. The van der Waals surface area contributed by atoms with Crippen LogP contribution in [0.5, 0.6) is 0 Å². The van der Waals surface area contributed by atoms with E-state index in [0.29, 0.717) is 5.56 Å². The van der Waals surface area contributed by atoms with Gasteiger partial charge in [0.15, 0.2) is 0 Å². The number of benzene rings is 3. The molecule has 2 heteroatoms. The summed E-state index contributed by atoms with van der Waals surface area (Å²) in [5.74, 6) is -0.867. The van der Waals surface area contributed by atoms with Crippen LogP contribution in [0.1, 0.15) is 15.9 Å². The molecule has 0 fully saturated rings. The van der Waals surface area contributed by atoms with Crippen molar-refractivity contribution < 1.29 is 9.90 Å². The third kappa shape index (κ3) is 1.54. The van der Waals surface area contributed by atoms with Gasteiger partial charge in [0.1, 0.15) is 0 Å². The molecule has 1 N–H and O–H groups in total. The van der Waals surface area contributed by atoms with Crippen molar-refractivity contribution in [1.29, 1.82) is 0 Å². The number of rotatable bonds is 1. The summed E-state index contributed by atoms with van der Waals surface area (Å²) in [6.45, 7) is 1.83. The zero-order valence-electron chi connectivity index (χ0n) is 9.97. The summed E-state index contributed by atoms with van der Waals surface area (Å²) >= 11 is 0. The molecule has 0 atom stereocenters. The second-order valence-corrected chi connectivity index (χ2v) is 4.48. The van der Waals surface area contributed by atoms with Crippen LogP contribution in [-0.2, 0) is 0 Å². The van der Waals surface area contributed by atoms with Gasteiger partial charge in [-0.25, -0.2) is 4.79 Å². The van der Waals surface area contributed by atoms with Crippen LogP contribution < -0.4 is 0 Å². The minimum absolute atomic E-state index is 0.401. The molecule has 2 nitrogen and oxygen atoms in total. The standard InChI is InChI=1S/C16H12O2/c1-10-6-7-13-8-11-4-2-3-5-12(11)9-14(13)15(10)16(17)18/h2-9H,1H3,(H,17,18). The number of carboxylic acid groups (broad SMARTS) is 1. The molecule has 3 rings (SSSR count). The van der Waals surface area contributed by atoms with Crippen molar-refractivity contribution in [2.24, 2.45) is 0 Å². The van der Waals surface area contributed by atoms with Crippen LogP contribution in [0.4, 0.5) is 0 Å². The molecular formula is C16H12O2. The average molecular weight is 236 g/mol. The Morgan fingerprint density at radius 1 is 0.944 bits per heavy atom. The Morgan fingerprint density at radius 2 is 1.61 bits per heavy atom. The molecule has 88 valence electrons. The molecule has 0 heterocycles. The van der Waals surface area contributed by atoms with Crippen LogP contribution in [0.25, 0.3) is 21.5 Å². The van der Waals surface area contributed by atoms with Crippen LogP contribution in [0.3, 0.4) is 0 Å². The molecular weight excluding hydrogens is 224 g/mol. The van der Waals surface area contributed by atoms with Gasteiger partial charge in [-0.3, -0.25) is 0 Å². The van der Waals surface area contributed by atoms with Crippen LogP contribution >= 0.6 is 0 Å². The highest BCUT2D eigenvalue weighted by atomic mass is 16.4. The number of fused-ring (bicyclic) bond motifs is 2. The van der Waals surface area contributed by atoms with E-state index in [-0.39, 0.29) is 0 Å². The van der Waals surface area contributed by atoms with Gasteiger partial charge in [-0.2, -0.15) is 0 Å². The zero-order valence-corrected chi connectivity index (χ0v) is 9.97. The highest BCUT2D eigenvalue weighted by Gasteiger charge is 2.12. The summed E-state index contributed by atoms with van der Waals surface area (Å²) in [6.07, 6.45) is 0. The lowest BCUT2D eigenvalue weighted by Crippen LogP contribution is -2.00. The number of carbonyl (C=O) groups is 1. The van der Waals surface area contributed by atoms with Crippen molar-refractivity contribution in [3.8, 4) is 0 Å². The minimum atomic E-state index is -0.867. The molecule has 0 saturated carbocycles. The van der Waals surface area contributed by atoms with E-state index in [4.69, 9.17) is 0 Å². The van der Waals surface area contributed by atoms with E-state index in [1.807, 2.05) is 55.5 Å². The van der Waals surface area contributed by atoms with Gasteiger partial charge >= 0.3 is 5.97 Å². The zero-order chi connectivity index (χ0) is 12.7. The first-order valence-electron chi connectivity index (χ1n) is 5.82. The molecule has 0 radical (unpaired) electrons. The van der Waals surface area contributed by atoms with E-state index in [1.165, 1.54) is 0 Å². The van der Waals surface area contributed by atoms with Crippen LogP contribution in [0.15, 0.2) is 48.5 Å². The Morgan fingerprint density at radius 3 is 2.28 bits per heavy atom. The molecule has 3 aromatic carbocycles. The monoisotopic (exact) mass is 236 g/mol. The van der Waals surface area contributed by atoms with E-state index in [9.17, 15) is 9.90 Å². The highest BCUT2D eigenvalue weighted by Crippen LogP contribution is 2.27. The summed E-state index contributed by atoms with van der Waals surface area (Å²) in [6, 6.07) is 15.8. The largest absolute Gasteiger partial charge is 0.478 e. The number of aromatic carboxylic acids is 1. The van der Waals surface area contributed by atoms with Gasteiger partial charge in [-0.05, 0) is 46.2 Å². The van der Waals surface area contributed by atoms with Gasteiger partial charge in [0.2, 0.25) is 0 Å². The van der Waals surface area contributed by atoms with Gasteiger partial charge < -0.3 is 5.11 Å². The number of hydrogen-bond donors (Lipinski definition) is 1. The Hall–Kier alpha value is -2.35. The Labute approximate surface area is 104 Å². The number of carboxylic acids is 1. The van der Waals surface area contributed by atoms with Crippen molar-refractivity contribution >= 4 is 27.5 Å². The number of aryl methyl sites for hydroxylation is 1. The molecule has 3 aromatic rings. The fourth-order valence-corrected chi connectivity index (χ4v) is 2.41. The number of hydrogen-bond acceptors (Lipinski definition) is 1. The average Bonchev–Trinajstić information content (AvgIpc) is 2.36. The maximum atomic E-state index is 11.4. The summed E-state index contributed by atoms with van der Waals surface area (Å²) in [7, 11) is 0. The Balaban J connectivity index is 2.50. The molecule has 0 amide bonds. The van der Waals surface area contributed by atoms with E-state index in [0.717, 1.165) is 27.1 Å². The summed E-state index contributed by atoms with van der Waals surface area (Å²) in [5, 5.41) is 13.3. The lowest BCUT2D eigenvalue weighted by Gasteiger charge is -2.08. The van der Waals surface area contributed by atoms with E-state index in [1.54, 1.807) is 0 Å². The van der Waals surface area contributed by atoms with E-state index in [2.05, 4.69) is 0 Å². The van der Waals surface area contributed by atoms with Crippen LogP contribution in [0, 0.1) is 6.92 Å². The van der Waals surface area contributed by atoms with Gasteiger partial charge in [-0.1, -0.05) is 36.4 Å². The van der Waals surface area contributed by atoms with E-state index >= 15 is 0 Å². The quantitative estimate of drug-likeness (QED) is 0.648. The first-order chi connectivity index (χ1) is 8.66. The maximum Gasteiger partial charge on any atom is 0.336 e. The molecule has 0 saturated heterocycles. The van der Waals surface area contributed by atoms with Crippen molar-refractivity contribution in [2.75, 3.05) is 0 Å². The second-order valence-electron chi connectivity index (χ2n) is 4.48. The topological polar surface area (TPSA) is 37.3 Å². The fourth-order valence-electron chi connectivity index (χ4n) is 2.41. The molecule has 0 bridgehead atoms. The van der Waals surface area contributed by atoms with Gasteiger partial charge in [0, 0.05) is 0 Å². The predicted molar refractivity (Wildman–Crippen MR) is 73.2 cm³/mol. The van der Waals surface area contributed by atoms with Crippen molar-refractivity contribution in [3.63, 3.8) is 0 Å². The normalized spacial score (nSPS) is 10.9. The summed E-state index contributed by atoms with van der Waals surface area (Å²) < 4.78 is 0. The van der Waals surface area contributed by atoms with E-state index < -0.39 is 5.97 Å². The van der Waals surface area contributed by atoms with Crippen molar-refractivity contribution in [2.45, 2.75) is 6.92 Å². The molecule has 0 aromatic heterocycles. The SMILES string of the molecule is Cc1ccc2cc3ccccc3cc2c1C(=O)O. The fraction of sp³-hybridized carbons (Fsp3) is 0.0625. The summed E-state index contributed by atoms with van der Waals surface area (Å²) in [4.78, 5) is 11.4. The highest BCUT2D eigenvalue weighted by molar-refractivity contribution is 6.09. The summed E-state index contributed by atoms with van der Waals surface area (Å²) in [5.41, 5.74) is 1.20. The van der Waals surface area contributed by atoms with Gasteiger partial charge in [0.05, 0.1) is 5.56 Å². The first-order valence-corrected chi connectivity index (χ1v) is 5.82. The van der Waals surface area contributed by atoms with Crippen LogP contribution in [-0.4, -0.2) is 11.1 Å². The molecule has 0 aliphatic heterocycles. The lowest BCUT2D eigenvalue weighted by molar-refractivity contribution is 0.0698. The lowest BCUT2D eigenvalue weighted by atomic mass is 9.96. The minimum Gasteiger partial charge on any atom is -0.478 e. The predicted octanol–water partition coefficient (Wildman–Crippen LogP) is 4.00.